The lowest BCUT2D eigenvalue weighted by Gasteiger charge is -2.24. The van der Waals surface area contributed by atoms with Crippen molar-refractivity contribution >= 4 is 57.5 Å². The van der Waals surface area contributed by atoms with Crippen molar-refractivity contribution in [2.45, 2.75) is 45.7 Å². The van der Waals surface area contributed by atoms with Crippen LogP contribution in [0.4, 0.5) is 25.0 Å². The second kappa shape index (κ2) is 15.5. The highest BCUT2D eigenvalue weighted by molar-refractivity contribution is 6.42. The van der Waals surface area contributed by atoms with Gasteiger partial charge >= 0.3 is 6.03 Å². The Labute approximate surface area is 287 Å². The fraction of sp³-hybridized carbons (Fsp3) is 0.250. The smallest absolute Gasteiger partial charge is 0.319 e. The fourth-order valence-electron chi connectivity index (χ4n) is 5.65. The molecule has 0 saturated heterocycles. The van der Waals surface area contributed by atoms with Gasteiger partial charge in [-0.2, -0.15) is 0 Å². The summed E-state index contributed by atoms with van der Waals surface area (Å²) in [4.78, 5) is 32.3. The molecule has 0 bridgehead atoms. The normalized spacial score (nSPS) is 11.8. The van der Waals surface area contributed by atoms with E-state index < -0.39 is 29.6 Å². The van der Waals surface area contributed by atoms with Crippen LogP contribution in [0, 0.1) is 11.6 Å². The highest BCUT2D eigenvalue weighted by atomic mass is 35.5. The van der Waals surface area contributed by atoms with Crippen LogP contribution in [0.5, 0.6) is 0 Å². The molecule has 8 nitrogen and oxygen atoms in total. The summed E-state index contributed by atoms with van der Waals surface area (Å²) in [6, 6.07) is 20.6. The van der Waals surface area contributed by atoms with E-state index in [2.05, 4.69) is 41.5 Å². The van der Waals surface area contributed by atoms with Crippen LogP contribution in [0.1, 0.15) is 50.3 Å². The molecule has 4 N–H and O–H groups in total. The van der Waals surface area contributed by atoms with Gasteiger partial charge in [0.05, 0.1) is 33.5 Å². The van der Waals surface area contributed by atoms with E-state index in [9.17, 15) is 18.4 Å². The average Bonchev–Trinajstić information content (AvgIpc) is 3.41. The largest absolute Gasteiger partial charge is 0.372 e. The van der Waals surface area contributed by atoms with Gasteiger partial charge in [0.2, 0.25) is 5.91 Å². The van der Waals surface area contributed by atoms with E-state index in [1.807, 2.05) is 22.8 Å². The predicted octanol–water partition coefficient (Wildman–Crippen LogP) is 8.70. The van der Waals surface area contributed by atoms with Gasteiger partial charge in [-0.15, -0.1) is 0 Å². The van der Waals surface area contributed by atoms with Crippen molar-refractivity contribution in [1.82, 2.24) is 14.9 Å². The summed E-state index contributed by atoms with van der Waals surface area (Å²) in [7, 11) is 0. The van der Waals surface area contributed by atoms with Gasteiger partial charge in [0.15, 0.2) is 11.6 Å². The SMILES string of the molecule is CCCN(CCC)c1ccc(-c2nc3cc(C(CC(N)=O)NC(=O)Nc4ccc(Cl)c(Cl)c4)ccc3n2Cc2ccc(F)c(F)c2)cc1. The zero-order valence-corrected chi connectivity index (χ0v) is 28.1. The lowest BCUT2D eigenvalue weighted by molar-refractivity contribution is -0.118. The lowest BCUT2D eigenvalue weighted by atomic mass is 10.0. The van der Waals surface area contributed by atoms with Gasteiger partial charge in [-0.3, -0.25) is 4.79 Å². The molecule has 1 heterocycles. The number of carbonyl (C=O) groups is 2. The molecule has 1 unspecified atom stereocenters. The molecule has 5 aromatic rings. The molecule has 3 amide bonds. The van der Waals surface area contributed by atoms with Crippen LogP contribution in [0.15, 0.2) is 78.9 Å². The third kappa shape index (κ3) is 8.24. The first-order valence-corrected chi connectivity index (χ1v) is 16.4. The number of amides is 3. The molecule has 0 aliphatic rings. The maximum Gasteiger partial charge on any atom is 0.319 e. The van der Waals surface area contributed by atoms with E-state index in [0.717, 1.165) is 48.8 Å². The number of fused-ring (bicyclic) bond motifs is 1. The summed E-state index contributed by atoms with van der Waals surface area (Å²) in [6.07, 6.45) is 1.88. The number of rotatable bonds is 13. The highest BCUT2D eigenvalue weighted by Gasteiger charge is 2.21. The molecule has 0 saturated carbocycles. The number of hydrogen-bond acceptors (Lipinski definition) is 4. The topological polar surface area (TPSA) is 105 Å². The van der Waals surface area contributed by atoms with Crippen molar-refractivity contribution in [3.05, 3.63) is 112 Å². The van der Waals surface area contributed by atoms with Crippen LogP contribution in [-0.4, -0.2) is 34.6 Å². The predicted molar refractivity (Wildman–Crippen MR) is 189 cm³/mol. The monoisotopic (exact) mass is 692 g/mol. The molecule has 250 valence electrons. The number of anilines is 2. The summed E-state index contributed by atoms with van der Waals surface area (Å²) in [5.41, 5.74) is 10.4. The molecule has 1 atom stereocenters. The van der Waals surface area contributed by atoms with Gasteiger partial charge in [0.1, 0.15) is 5.82 Å². The number of urea groups is 1. The molecule has 0 aliphatic carbocycles. The Morgan fingerprint density at radius 2 is 1.62 bits per heavy atom. The molecule has 12 heteroatoms. The zero-order chi connectivity index (χ0) is 34.4. The Morgan fingerprint density at radius 1 is 0.896 bits per heavy atom. The Kier molecular flexibility index (Phi) is 11.2. The lowest BCUT2D eigenvalue weighted by Crippen LogP contribution is -2.34. The summed E-state index contributed by atoms with van der Waals surface area (Å²) in [5, 5.41) is 6.12. The van der Waals surface area contributed by atoms with E-state index in [1.54, 1.807) is 24.3 Å². The zero-order valence-electron chi connectivity index (χ0n) is 26.6. The van der Waals surface area contributed by atoms with Gasteiger partial charge < -0.3 is 25.8 Å². The number of benzene rings is 4. The van der Waals surface area contributed by atoms with Gasteiger partial charge in [-0.05, 0) is 90.7 Å². The summed E-state index contributed by atoms with van der Waals surface area (Å²) >= 11 is 12.1. The standard InChI is InChI=1S/C36H36Cl2F2N6O2/c1-3-15-45(16-4-2)26-10-6-23(7-11-26)35-43-32-18-24(8-14-33(32)46(35)21-22-5-13-29(39)30(40)17-22)31(20-34(41)47)44-36(48)42-25-9-12-27(37)28(38)19-25/h5-14,17-19,31H,3-4,15-16,20-21H2,1-2H3,(H2,41,47)(H2,42,44,48). The number of primary amides is 1. The van der Waals surface area contributed by atoms with Crippen molar-refractivity contribution in [2.24, 2.45) is 5.73 Å². The number of halogens is 4. The van der Waals surface area contributed by atoms with E-state index in [0.29, 0.717) is 33.2 Å². The minimum atomic E-state index is -0.934. The maximum atomic E-state index is 14.2. The first kappa shape index (κ1) is 34.7. The van der Waals surface area contributed by atoms with Crippen LogP contribution in [0.3, 0.4) is 0 Å². The first-order valence-electron chi connectivity index (χ1n) is 15.7. The Morgan fingerprint density at radius 3 is 2.27 bits per heavy atom. The Bertz CT molecular complexity index is 1930. The second-order valence-corrected chi connectivity index (χ2v) is 12.3. The van der Waals surface area contributed by atoms with Crippen molar-refractivity contribution in [2.75, 3.05) is 23.3 Å². The van der Waals surface area contributed by atoms with Crippen molar-refractivity contribution in [1.29, 1.82) is 0 Å². The van der Waals surface area contributed by atoms with E-state index in [1.165, 1.54) is 18.2 Å². The molecular weight excluding hydrogens is 657 g/mol. The van der Waals surface area contributed by atoms with E-state index in [-0.39, 0.29) is 18.0 Å². The first-order chi connectivity index (χ1) is 23.1. The number of nitrogens with zero attached hydrogens (tertiary/aromatic N) is 3. The number of nitrogens with two attached hydrogens (primary N) is 1. The van der Waals surface area contributed by atoms with Crippen LogP contribution in [0.25, 0.3) is 22.4 Å². The highest BCUT2D eigenvalue weighted by Crippen LogP contribution is 2.31. The van der Waals surface area contributed by atoms with Crippen LogP contribution >= 0.6 is 23.2 Å². The fourth-order valence-corrected chi connectivity index (χ4v) is 5.95. The number of nitrogens with one attached hydrogen (secondary N) is 2. The number of imidazole rings is 1. The minimum Gasteiger partial charge on any atom is -0.372 e. The van der Waals surface area contributed by atoms with Crippen LogP contribution < -0.4 is 21.3 Å². The summed E-state index contributed by atoms with van der Waals surface area (Å²) in [6.45, 7) is 6.40. The molecular formula is C36H36Cl2F2N6O2. The Balaban J connectivity index is 1.52. The Hall–Kier alpha value is -4.67. The van der Waals surface area contributed by atoms with Gasteiger partial charge in [-0.1, -0.05) is 49.2 Å². The summed E-state index contributed by atoms with van der Waals surface area (Å²) in [5.74, 6) is -1.85. The summed E-state index contributed by atoms with van der Waals surface area (Å²) < 4.78 is 29.9. The quantitative estimate of drug-likeness (QED) is 0.115. The number of aromatic nitrogens is 2. The third-order valence-corrected chi connectivity index (χ3v) is 8.60. The molecule has 0 radical (unpaired) electrons. The molecule has 4 aromatic carbocycles. The molecule has 0 aliphatic heterocycles. The van der Waals surface area contributed by atoms with Gasteiger partial charge in [0.25, 0.3) is 0 Å². The van der Waals surface area contributed by atoms with E-state index >= 15 is 0 Å². The molecule has 1 aromatic heterocycles. The van der Waals surface area contributed by atoms with Crippen molar-refractivity contribution < 1.29 is 18.4 Å². The maximum absolute atomic E-state index is 14.2. The van der Waals surface area contributed by atoms with E-state index in [4.69, 9.17) is 33.9 Å². The molecule has 48 heavy (non-hydrogen) atoms. The average molecular weight is 694 g/mol. The van der Waals surface area contributed by atoms with Crippen LogP contribution in [-0.2, 0) is 11.3 Å². The third-order valence-electron chi connectivity index (χ3n) is 7.87. The number of hydrogen-bond donors (Lipinski definition) is 3. The minimum absolute atomic E-state index is 0.170. The molecule has 0 spiro atoms. The van der Waals surface area contributed by atoms with Crippen molar-refractivity contribution in [3.8, 4) is 11.4 Å². The van der Waals surface area contributed by atoms with Crippen molar-refractivity contribution in [3.63, 3.8) is 0 Å². The van der Waals surface area contributed by atoms with Gasteiger partial charge in [0, 0.05) is 36.6 Å². The van der Waals surface area contributed by atoms with Crippen LogP contribution in [0.2, 0.25) is 10.0 Å². The second-order valence-electron chi connectivity index (χ2n) is 11.5. The van der Waals surface area contributed by atoms with Gasteiger partial charge in [-0.25, -0.2) is 18.6 Å². The molecule has 0 fully saturated rings. The molecule has 5 rings (SSSR count). The number of carbonyl (C=O) groups excluding carboxylic acids is 2.